The zero-order chi connectivity index (χ0) is 14.0. The number of imidazole rings is 1. The molecule has 19 heavy (non-hydrogen) atoms. The van der Waals surface area contributed by atoms with E-state index in [1.807, 2.05) is 13.8 Å². The van der Waals surface area contributed by atoms with Gasteiger partial charge in [-0.15, -0.1) is 0 Å². The summed E-state index contributed by atoms with van der Waals surface area (Å²) in [5, 5.41) is 9.30. The fraction of sp³-hybridized carbons (Fsp3) is 0.545. The van der Waals surface area contributed by atoms with Crippen molar-refractivity contribution in [1.29, 1.82) is 0 Å². The van der Waals surface area contributed by atoms with E-state index in [2.05, 4.69) is 27.6 Å². The zero-order valence-corrected chi connectivity index (χ0v) is 11.7. The Labute approximate surface area is 116 Å². The van der Waals surface area contributed by atoms with Crippen molar-refractivity contribution in [2.45, 2.75) is 31.4 Å². The molecule has 104 valence electrons. The van der Waals surface area contributed by atoms with Crippen molar-refractivity contribution in [3.8, 4) is 0 Å². The Kier molecular flexibility index (Phi) is 3.93. The number of ether oxygens (including phenoxy) is 1. The summed E-state index contributed by atoms with van der Waals surface area (Å²) in [5.41, 5.74) is 6.84. The van der Waals surface area contributed by atoms with Gasteiger partial charge in [-0.05, 0) is 13.8 Å². The number of nitrogen functional groups attached to an aromatic ring is 1. The summed E-state index contributed by atoms with van der Waals surface area (Å²) in [4.78, 5) is 12.1. The lowest BCUT2D eigenvalue weighted by atomic mass is 10.1. The summed E-state index contributed by atoms with van der Waals surface area (Å²) >= 11 is 4.40. The molecule has 0 fully saturated rings. The van der Waals surface area contributed by atoms with Gasteiger partial charge in [0.15, 0.2) is 11.5 Å². The van der Waals surface area contributed by atoms with E-state index in [1.165, 1.54) is 6.33 Å². The second-order valence-electron chi connectivity index (χ2n) is 4.77. The van der Waals surface area contributed by atoms with E-state index in [9.17, 15) is 5.11 Å². The normalized spacial score (nSPS) is 13.9. The van der Waals surface area contributed by atoms with E-state index in [0.29, 0.717) is 17.0 Å². The summed E-state index contributed by atoms with van der Waals surface area (Å²) in [7, 11) is 0. The quantitative estimate of drug-likeness (QED) is 0.689. The zero-order valence-electron chi connectivity index (χ0n) is 10.8. The van der Waals surface area contributed by atoms with Crippen LogP contribution in [0.25, 0.3) is 11.2 Å². The lowest BCUT2D eigenvalue weighted by Crippen LogP contribution is -2.36. The van der Waals surface area contributed by atoms with Crippen LogP contribution < -0.4 is 5.73 Å². The maximum absolute atomic E-state index is 9.30. The number of rotatable bonds is 5. The Hall–Kier alpha value is -1.38. The highest BCUT2D eigenvalue weighted by atomic mass is 32.1. The van der Waals surface area contributed by atoms with E-state index in [-0.39, 0.29) is 13.3 Å². The maximum atomic E-state index is 9.30. The lowest BCUT2D eigenvalue weighted by Gasteiger charge is -2.28. The van der Waals surface area contributed by atoms with Gasteiger partial charge in [0.2, 0.25) is 0 Å². The molecule has 7 nitrogen and oxygen atoms in total. The lowest BCUT2D eigenvalue weighted by molar-refractivity contribution is -0.0368. The first-order chi connectivity index (χ1) is 8.93. The fourth-order valence-corrected chi connectivity index (χ4v) is 1.80. The molecule has 2 aromatic rings. The van der Waals surface area contributed by atoms with Gasteiger partial charge >= 0.3 is 0 Å². The second kappa shape index (κ2) is 5.32. The van der Waals surface area contributed by atoms with E-state index < -0.39 is 10.9 Å². The number of nitrogens with two attached hydrogens (primary N) is 1. The molecule has 0 aliphatic carbocycles. The number of anilines is 1. The molecule has 0 aromatic carbocycles. The smallest absolute Gasteiger partial charge is 0.167 e. The molecule has 0 aliphatic rings. The predicted molar refractivity (Wildman–Crippen MR) is 74.8 cm³/mol. The summed E-state index contributed by atoms with van der Waals surface area (Å²) < 4.78 is 6.90. The Balaban J connectivity index is 2.16. The molecule has 1 unspecified atom stereocenters. The summed E-state index contributed by atoms with van der Waals surface area (Å²) in [6, 6.07) is 0. The topological polar surface area (TPSA) is 99.1 Å². The van der Waals surface area contributed by atoms with Crippen LogP contribution in [0.1, 0.15) is 13.8 Å². The largest absolute Gasteiger partial charge is 0.394 e. The van der Waals surface area contributed by atoms with Crippen LogP contribution in [-0.2, 0) is 11.5 Å². The monoisotopic (exact) mass is 283 g/mol. The van der Waals surface area contributed by atoms with Gasteiger partial charge in [-0.25, -0.2) is 15.0 Å². The third kappa shape index (κ3) is 2.96. The van der Waals surface area contributed by atoms with Crippen LogP contribution in [0.5, 0.6) is 0 Å². The number of aliphatic hydroxyl groups excluding tert-OH is 1. The van der Waals surface area contributed by atoms with Gasteiger partial charge in [0.25, 0.3) is 0 Å². The number of aromatic nitrogens is 4. The van der Waals surface area contributed by atoms with E-state index in [1.54, 1.807) is 10.9 Å². The SMILES string of the molecule is CC(C)(S)C(CO)OCn1cnc2c(N)ncnc21. The van der Waals surface area contributed by atoms with Crippen molar-refractivity contribution in [2.24, 2.45) is 0 Å². The van der Waals surface area contributed by atoms with Gasteiger partial charge < -0.3 is 15.6 Å². The molecule has 0 spiro atoms. The first kappa shape index (κ1) is 14.0. The summed E-state index contributed by atoms with van der Waals surface area (Å²) in [6.45, 7) is 3.86. The average molecular weight is 283 g/mol. The van der Waals surface area contributed by atoms with E-state index >= 15 is 0 Å². The van der Waals surface area contributed by atoms with Crippen molar-refractivity contribution >= 4 is 29.6 Å². The minimum absolute atomic E-state index is 0.111. The number of aliphatic hydroxyl groups is 1. The number of hydrogen-bond donors (Lipinski definition) is 3. The van der Waals surface area contributed by atoms with Crippen LogP contribution in [-0.4, -0.2) is 42.1 Å². The molecule has 1 atom stereocenters. The van der Waals surface area contributed by atoms with Crippen molar-refractivity contribution in [1.82, 2.24) is 19.5 Å². The van der Waals surface area contributed by atoms with Crippen LogP contribution in [0.3, 0.4) is 0 Å². The Bertz CT molecular complexity index is 566. The third-order valence-corrected chi connectivity index (χ3v) is 3.09. The van der Waals surface area contributed by atoms with Gasteiger partial charge in [0.1, 0.15) is 18.6 Å². The molecule has 0 aliphatic heterocycles. The average Bonchev–Trinajstić information content (AvgIpc) is 2.73. The van der Waals surface area contributed by atoms with Crippen LogP contribution in [0.2, 0.25) is 0 Å². The Morgan fingerprint density at radius 3 is 2.84 bits per heavy atom. The first-order valence-electron chi connectivity index (χ1n) is 5.79. The predicted octanol–water partition coefficient (Wildman–Crippen LogP) is 0.452. The Morgan fingerprint density at radius 1 is 1.47 bits per heavy atom. The number of nitrogens with zero attached hydrogens (tertiary/aromatic N) is 4. The van der Waals surface area contributed by atoms with Crippen LogP contribution in [0.4, 0.5) is 5.82 Å². The van der Waals surface area contributed by atoms with Gasteiger partial charge in [-0.2, -0.15) is 12.6 Å². The minimum Gasteiger partial charge on any atom is -0.394 e. The van der Waals surface area contributed by atoms with Gasteiger partial charge in [-0.3, -0.25) is 4.57 Å². The van der Waals surface area contributed by atoms with Crippen molar-refractivity contribution in [3.05, 3.63) is 12.7 Å². The van der Waals surface area contributed by atoms with Gasteiger partial charge in [0, 0.05) is 4.75 Å². The second-order valence-corrected chi connectivity index (χ2v) is 5.92. The fourth-order valence-electron chi connectivity index (χ4n) is 1.64. The number of fused-ring (bicyclic) bond motifs is 1. The molecular formula is C11H17N5O2S. The first-order valence-corrected chi connectivity index (χ1v) is 6.24. The molecule has 3 N–H and O–H groups in total. The number of hydrogen-bond acceptors (Lipinski definition) is 7. The van der Waals surface area contributed by atoms with Gasteiger partial charge in [-0.1, -0.05) is 0 Å². The summed E-state index contributed by atoms with van der Waals surface area (Å²) in [6.07, 6.45) is 2.56. The highest BCUT2D eigenvalue weighted by Gasteiger charge is 2.26. The molecule has 0 bridgehead atoms. The number of thiol groups is 1. The van der Waals surface area contributed by atoms with Crippen LogP contribution in [0, 0.1) is 0 Å². The molecule has 8 heteroatoms. The van der Waals surface area contributed by atoms with E-state index in [4.69, 9.17) is 10.5 Å². The molecule has 0 radical (unpaired) electrons. The molecule has 2 rings (SSSR count). The van der Waals surface area contributed by atoms with Crippen molar-refractivity contribution in [2.75, 3.05) is 12.3 Å². The molecule has 2 aromatic heterocycles. The van der Waals surface area contributed by atoms with Crippen molar-refractivity contribution in [3.63, 3.8) is 0 Å². The molecule has 2 heterocycles. The molecule has 0 amide bonds. The van der Waals surface area contributed by atoms with Crippen LogP contribution in [0.15, 0.2) is 12.7 Å². The van der Waals surface area contributed by atoms with E-state index in [0.717, 1.165) is 0 Å². The molecule has 0 saturated carbocycles. The Morgan fingerprint density at radius 2 is 2.21 bits per heavy atom. The minimum atomic E-state index is -0.445. The highest BCUT2D eigenvalue weighted by Crippen LogP contribution is 2.21. The van der Waals surface area contributed by atoms with Crippen LogP contribution >= 0.6 is 12.6 Å². The molecule has 0 saturated heterocycles. The standard InChI is InChI=1S/C11H17N5O2S/c1-11(2,19)7(3-17)18-6-16-5-15-8-9(12)13-4-14-10(8)16/h4-5,7,17,19H,3,6H2,1-2H3,(H2,12,13,14). The maximum Gasteiger partial charge on any atom is 0.167 e. The third-order valence-electron chi connectivity index (χ3n) is 2.80. The van der Waals surface area contributed by atoms with Crippen molar-refractivity contribution < 1.29 is 9.84 Å². The highest BCUT2D eigenvalue weighted by molar-refractivity contribution is 7.81. The summed E-state index contributed by atoms with van der Waals surface area (Å²) in [5.74, 6) is 0.331. The van der Waals surface area contributed by atoms with Gasteiger partial charge in [0.05, 0.1) is 19.0 Å². The molecular weight excluding hydrogens is 266 g/mol.